The highest BCUT2D eigenvalue weighted by Crippen LogP contribution is 2.02. The third-order valence-corrected chi connectivity index (χ3v) is 2.23. The largest absolute Gasteiger partial charge is 0.327 e. The van der Waals surface area contributed by atoms with Gasteiger partial charge in [0.2, 0.25) is 0 Å². The molecule has 0 aliphatic carbocycles. The van der Waals surface area contributed by atoms with E-state index in [1.54, 1.807) is 0 Å². The Hall–Kier alpha value is -0.960. The van der Waals surface area contributed by atoms with Gasteiger partial charge in [0.15, 0.2) is 0 Å². The molecule has 0 aliphatic rings. The Labute approximate surface area is 85.8 Å². The predicted octanol–water partition coefficient (Wildman–Crippen LogP) is 1.71. The lowest BCUT2D eigenvalue weighted by atomic mass is 10.1. The number of rotatable bonds is 5. The maximum absolute atomic E-state index is 5.87. The van der Waals surface area contributed by atoms with E-state index in [-0.39, 0.29) is 6.04 Å². The molecule has 0 aromatic carbocycles. The number of hydrogen-bond donors (Lipinski definition) is 1. The van der Waals surface area contributed by atoms with Gasteiger partial charge in [-0.2, -0.15) is 0 Å². The molecule has 0 bridgehead atoms. The van der Waals surface area contributed by atoms with Crippen molar-refractivity contribution in [1.82, 2.24) is 9.97 Å². The molecule has 1 heterocycles. The summed E-state index contributed by atoms with van der Waals surface area (Å²) >= 11 is 0. The zero-order chi connectivity index (χ0) is 10.4. The second-order valence-electron chi connectivity index (χ2n) is 3.59. The van der Waals surface area contributed by atoms with Gasteiger partial charge in [-0.25, -0.2) is 9.97 Å². The smallest absolute Gasteiger partial charge is 0.128 e. The zero-order valence-electron chi connectivity index (χ0n) is 9.03. The Kier molecular flexibility index (Phi) is 4.53. The van der Waals surface area contributed by atoms with E-state index < -0.39 is 0 Å². The quantitative estimate of drug-likeness (QED) is 0.774. The van der Waals surface area contributed by atoms with Gasteiger partial charge in [-0.1, -0.05) is 13.8 Å². The fourth-order valence-corrected chi connectivity index (χ4v) is 1.31. The van der Waals surface area contributed by atoms with Crippen LogP contribution < -0.4 is 5.73 Å². The summed E-state index contributed by atoms with van der Waals surface area (Å²) in [6.45, 7) is 4.23. The van der Waals surface area contributed by atoms with Gasteiger partial charge in [0.1, 0.15) is 5.82 Å². The molecular formula is C11H19N3. The predicted molar refractivity (Wildman–Crippen MR) is 58.0 cm³/mol. The minimum absolute atomic E-state index is 0.222. The van der Waals surface area contributed by atoms with Crippen LogP contribution in [0.3, 0.4) is 0 Å². The summed E-state index contributed by atoms with van der Waals surface area (Å²) in [7, 11) is 0. The molecule has 3 heteroatoms. The van der Waals surface area contributed by atoms with E-state index in [2.05, 4.69) is 23.8 Å². The first-order chi connectivity index (χ1) is 6.76. The van der Waals surface area contributed by atoms with Crippen molar-refractivity contribution in [2.45, 2.75) is 45.6 Å². The van der Waals surface area contributed by atoms with Crippen LogP contribution in [-0.4, -0.2) is 16.0 Å². The van der Waals surface area contributed by atoms with Gasteiger partial charge in [0, 0.05) is 30.8 Å². The molecule has 2 N–H and O–H groups in total. The Morgan fingerprint density at radius 1 is 1.43 bits per heavy atom. The molecule has 0 saturated heterocycles. The van der Waals surface area contributed by atoms with E-state index in [4.69, 9.17) is 5.73 Å². The first-order valence-corrected chi connectivity index (χ1v) is 5.32. The van der Waals surface area contributed by atoms with Gasteiger partial charge in [-0.05, 0) is 18.9 Å². The monoisotopic (exact) mass is 193 g/mol. The van der Waals surface area contributed by atoms with Gasteiger partial charge in [0.05, 0.1) is 0 Å². The third-order valence-electron chi connectivity index (χ3n) is 2.23. The molecule has 3 nitrogen and oxygen atoms in total. The fourth-order valence-electron chi connectivity index (χ4n) is 1.31. The summed E-state index contributed by atoms with van der Waals surface area (Å²) in [6.07, 6.45) is 5.72. The van der Waals surface area contributed by atoms with E-state index >= 15 is 0 Å². The van der Waals surface area contributed by atoms with Crippen LogP contribution in [0.5, 0.6) is 0 Å². The van der Waals surface area contributed by atoms with Gasteiger partial charge in [-0.15, -0.1) is 0 Å². The molecule has 0 fully saturated rings. The SMILES string of the molecule is CCCc1nccc(CC(N)CC)n1. The summed E-state index contributed by atoms with van der Waals surface area (Å²) in [5.41, 5.74) is 6.94. The number of nitrogens with zero attached hydrogens (tertiary/aromatic N) is 2. The molecule has 0 amide bonds. The number of aromatic nitrogens is 2. The second-order valence-corrected chi connectivity index (χ2v) is 3.59. The van der Waals surface area contributed by atoms with Gasteiger partial charge in [-0.3, -0.25) is 0 Å². The Bertz CT molecular complexity index is 273. The van der Waals surface area contributed by atoms with Crippen molar-refractivity contribution in [3.05, 3.63) is 23.8 Å². The van der Waals surface area contributed by atoms with Crippen molar-refractivity contribution in [2.24, 2.45) is 5.73 Å². The molecule has 1 aromatic heterocycles. The molecule has 14 heavy (non-hydrogen) atoms. The molecule has 0 spiro atoms. The maximum atomic E-state index is 5.87. The third kappa shape index (κ3) is 3.42. The van der Waals surface area contributed by atoms with Crippen LogP contribution in [0.15, 0.2) is 12.3 Å². The molecule has 1 unspecified atom stereocenters. The van der Waals surface area contributed by atoms with E-state index in [0.29, 0.717) is 0 Å². The minimum atomic E-state index is 0.222. The molecule has 0 saturated carbocycles. The van der Waals surface area contributed by atoms with Crippen molar-refractivity contribution in [2.75, 3.05) is 0 Å². The normalized spacial score (nSPS) is 12.8. The van der Waals surface area contributed by atoms with Crippen LogP contribution >= 0.6 is 0 Å². The lowest BCUT2D eigenvalue weighted by molar-refractivity contribution is 0.631. The number of hydrogen-bond acceptors (Lipinski definition) is 3. The number of nitrogens with two attached hydrogens (primary N) is 1. The summed E-state index contributed by atoms with van der Waals surface area (Å²) in [5.74, 6) is 0.938. The summed E-state index contributed by atoms with van der Waals surface area (Å²) in [4.78, 5) is 8.67. The highest BCUT2D eigenvalue weighted by molar-refractivity contribution is 5.04. The van der Waals surface area contributed by atoms with E-state index in [0.717, 1.165) is 37.2 Å². The fraction of sp³-hybridized carbons (Fsp3) is 0.636. The molecule has 1 aromatic rings. The van der Waals surface area contributed by atoms with Crippen molar-refractivity contribution in [3.63, 3.8) is 0 Å². The standard InChI is InChI=1S/C11H19N3/c1-3-5-11-13-7-6-10(14-11)8-9(12)4-2/h6-7,9H,3-5,8,12H2,1-2H3. The highest BCUT2D eigenvalue weighted by atomic mass is 14.9. The average molecular weight is 193 g/mol. The number of aryl methyl sites for hydroxylation is 1. The molecule has 0 aliphatic heterocycles. The molecular weight excluding hydrogens is 174 g/mol. The van der Waals surface area contributed by atoms with Crippen LogP contribution in [0.4, 0.5) is 0 Å². The van der Waals surface area contributed by atoms with E-state index in [9.17, 15) is 0 Å². The van der Waals surface area contributed by atoms with Crippen LogP contribution in [0.2, 0.25) is 0 Å². The van der Waals surface area contributed by atoms with Gasteiger partial charge in [0.25, 0.3) is 0 Å². The Morgan fingerprint density at radius 3 is 2.86 bits per heavy atom. The molecule has 78 valence electrons. The van der Waals surface area contributed by atoms with Crippen molar-refractivity contribution in [1.29, 1.82) is 0 Å². The van der Waals surface area contributed by atoms with Crippen LogP contribution in [0.25, 0.3) is 0 Å². The first-order valence-electron chi connectivity index (χ1n) is 5.32. The second kappa shape index (κ2) is 5.70. The van der Waals surface area contributed by atoms with Crippen LogP contribution in [0, 0.1) is 0 Å². The van der Waals surface area contributed by atoms with Gasteiger partial charge >= 0.3 is 0 Å². The van der Waals surface area contributed by atoms with Crippen molar-refractivity contribution >= 4 is 0 Å². The Balaban J connectivity index is 2.63. The van der Waals surface area contributed by atoms with Crippen LogP contribution in [-0.2, 0) is 12.8 Å². The lowest BCUT2D eigenvalue weighted by Crippen LogP contribution is -2.22. The van der Waals surface area contributed by atoms with Crippen molar-refractivity contribution < 1.29 is 0 Å². The molecule has 0 radical (unpaired) electrons. The summed E-state index contributed by atoms with van der Waals surface area (Å²) in [5, 5.41) is 0. The topological polar surface area (TPSA) is 51.8 Å². The van der Waals surface area contributed by atoms with Crippen molar-refractivity contribution in [3.8, 4) is 0 Å². The zero-order valence-corrected chi connectivity index (χ0v) is 9.03. The van der Waals surface area contributed by atoms with Crippen LogP contribution in [0.1, 0.15) is 38.2 Å². The first kappa shape index (κ1) is 11.1. The van der Waals surface area contributed by atoms with E-state index in [1.807, 2.05) is 12.3 Å². The molecule has 1 atom stereocenters. The minimum Gasteiger partial charge on any atom is -0.327 e. The Morgan fingerprint density at radius 2 is 2.21 bits per heavy atom. The lowest BCUT2D eigenvalue weighted by Gasteiger charge is -2.08. The maximum Gasteiger partial charge on any atom is 0.128 e. The van der Waals surface area contributed by atoms with E-state index in [1.165, 1.54) is 0 Å². The van der Waals surface area contributed by atoms with Gasteiger partial charge < -0.3 is 5.73 Å². The average Bonchev–Trinajstić information content (AvgIpc) is 2.19. The summed E-state index contributed by atoms with van der Waals surface area (Å²) < 4.78 is 0. The molecule has 1 rings (SSSR count). The highest BCUT2D eigenvalue weighted by Gasteiger charge is 2.03. The summed E-state index contributed by atoms with van der Waals surface area (Å²) in [6, 6.07) is 2.17.